The summed E-state index contributed by atoms with van der Waals surface area (Å²) in [7, 11) is 0. The second kappa shape index (κ2) is 11.1. The summed E-state index contributed by atoms with van der Waals surface area (Å²) in [6, 6.07) is 4.11. The Balaban J connectivity index is 0. The quantitative estimate of drug-likeness (QED) is 0.609. The first-order valence-corrected chi connectivity index (χ1v) is 8.34. The van der Waals surface area contributed by atoms with E-state index < -0.39 is 0 Å². The van der Waals surface area contributed by atoms with Gasteiger partial charge in [0.25, 0.3) is 0 Å². The van der Waals surface area contributed by atoms with Crippen LogP contribution in [0.2, 0.25) is 0 Å². The van der Waals surface area contributed by atoms with Crippen LogP contribution in [-0.2, 0) is 10.8 Å². The Bertz CT molecular complexity index is 382. The molecular weight excluding hydrogens is 270 g/mol. The first-order chi connectivity index (χ1) is 10.2. The lowest BCUT2D eigenvalue weighted by Gasteiger charge is -2.15. The molecule has 22 heavy (non-hydrogen) atoms. The van der Waals surface area contributed by atoms with Gasteiger partial charge in [-0.05, 0) is 23.1 Å². The molecule has 0 unspecified atom stereocenters. The molecule has 0 fully saturated rings. The molecule has 0 aliphatic heterocycles. The Morgan fingerprint density at radius 3 is 1.55 bits per heavy atom. The number of aromatic amines is 2. The molecule has 2 N–H and O–H groups in total. The molecule has 2 rings (SSSR count). The van der Waals surface area contributed by atoms with Gasteiger partial charge in [0.15, 0.2) is 0 Å². The van der Waals surface area contributed by atoms with Crippen LogP contribution in [0, 0.1) is 0 Å². The maximum Gasteiger partial charge on any atom is 0.0490 e. The van der Waals surface area contributed by atoms with Crippen molar-refractivity contribution in [2.45, 2.75) is 80.1 Å². The second-order valence-electron chi connectivity index (χ2n) is 6.57. The summed E-state index contributed by atoms with van der Waals surface area (Å²) in [5.74, 6) is 0. The van der Waals surface area contributed by atoms with E-state index in [2.05, 4.69) is 62.8 Å². The van der Waals surface area contributed by atoms with E-state index in [4.69, 9.17) is 0 Å². The number of H-pyrrole nitrogens is 2. The van der Waals surface area contributed by atoms with Crippen molar-refractivity contribution in [3.8, 4) is 0 Å². The molecule has 0 aromatic carbocycles. The molecule has 2 aromatic rings. The fourth-order valence-corrected chi connectivity index (χ4v) is 1.46. The van der Waals surface area contributed by atoms with Crippen LogP contribution >= 0.6 is 0 Å². The van der Waals surface area contributed by atoms with Crippen molar-refractivity contribution in [3.05, 3.63) is 42.0 Å². The van der Waals surface area contributed by atoms with Crippen molar-refractivity contribution in [2.24, 2.45) is 0 Å². The van der Waals surface area contributed by atoms with Gasteiger partial charge in [0.05, 0.1) is 0 Å². The van der Waals surface area contributed by atoms with Gasteiger partial charge >= 0.3 is 0 Å². The van der Waals surface area contributed by atoms with Gasteiger partial charge in [-0.1, -0.05) is 69.2 Å². The molecule has 0 aliphatic carbocycles. The summed E-state index contributed by atoms with van der Waals surface area (Å²) in [4.78, 5) is 3.04. The van der Waals surface area contributed by atoms with Gasteiger partial charge in [0.2, 0.25) is 0 Å². The first-order valence-electron chi connectivity index (χ1n) is 8.34. The average molecular weight is 308 g/mol. The molecule has 3 heteroatoms. The highest BCUT2D eigenvalue weighted by molar-refractivity contribution is 5.17. The van der Waals surface area contributed by atoms with E-state index in [1.54, 1.807) is 6.20 Å². The summed E-state index contributed by atoms with van der Waals surface area (Å²) < 4.78 is 0. The molecular formula is C19H37N3. The summed E-state index contributed by atoms with van der Waals surface area (Å²) in [6.45, 7) is 21.1. The van der Waals surface area contributed by atoms with Crippen molar-refractivity contribution in [2.75, 3.05) is 0 Å². The van der Waals surface area contributed by atoms with Crippen LogP contribution in [0.5, 0.6) is 0 Å². The average Bonchev–Trinajstić information content (AvgIpc) is 3.16. The molecule has 0 spiro atoms. The fraction of sp³-hybridized carbons (Fsp3) is 0.632. The van der Waals surface area contributed by atoms with Crippen LogP contribution in [-0.4, -0.2) is 15.2 Å². The second-order valence-corrected chi connectivity index (χ2v) is 6.57. The third kappa shape index (κ3) is 9.43. The lowest BCUT2D eigenvalue weighted by Crippen LogP contribution is -2.11. The first kappa shape index (κ1) is 22.8. The van der Waals surface area contributed by atoms with Gasteiger partial charge < -0.3 is 4.98 Å². The largest absolute Gasteiger partial charge is 0.367 e. The Labute approximate surface area is 137 Å². The molecule has 0 saturated carbocycles. The predicted molar refractivity (Wildman–Crippen MR) is 99.5 cm³/mol. The van der Waals surface area contributed by atoms with Crippen LogP contribution in [0.1, 0.15) is 80.5 Å². The molecule has 2 aromatic heterocycles. The van der Waals surface area contributed by atoms with Gasteiger partial charge in [-0.25, -0.2) is 0 Å². The Hall–Kier alpha value is -1.51. The third-order valence-electron chi connectivity index (χ3n) is 2.77. The highest BCUT2D eigenvalue weighted by atomic mass is 15.1. The van der Waals surface area contributed by atoms with E-state index in [9.17, 15) is 0 Å². The SMILES string of the molecule is CC.CC.CC(C)(C)c1cc[nH]c1.CC(C)(C)c1ccn[nH]1. The van der Waals surface area contributed by atoms with Gasteiger partial charge in [-0.15, -0.1) is 0 Å². The number of nitrogens with zero attached hydrogens (tertiary/aromatic N) is 1. The minimum absolute atomic E-state index is 0.205. The van der Waals surface area contributed by atoms with Crippen molar-refractivity contribution < 1.29 is 0 Å². The van der Waals surface area contributed by atoms with Crippen molar-refractivity contribution >= 4 is 0 Å². The molecule has 128 valence electrons. The molecule has 0 atom stereocenters. The van der Waals surface area contributed by atoms with Gasteiger partial charge in [-0.3, -0.25) is 5.10 Å². The Morgan fingerprint density at radius 2 is 1.36 bits per heavy atom. The fourth-order valence-electron chi connectivity index (χ4n) is 1.46. The number of aromatic nitrogens is 3. The smallest absolute Gasteiger partial charge is 0.0490 e. The maximum atomic E-state index is 3.86. The van der Waals surface area contributed by atoms with E-state index >= 15 is 0 Å². The lowest BCUT2D eigenvalue weighted by molar-refractivity contribution is 0.567. The zero-order valence-electron chi connectivity index (χ0n) is 16.3. The molecule has 0 saturated heterocycles. The van der Waals surface area contributed by atoms with Crippen LogP contribution in [0.25, 0.3) is 0 Å². The van der Waals surface area contributed by atoms with Crippen molar-refractivity contribution in [1.29, 1.82) is 0 Å². The minimum Gasteiger partial charge on any atom is -0.367 e. The topological polar surface area (TPSA) is 44.5 Å². The van der Waals surface area contributed by atoms with Crippen LogP contribution in [0.4, 0.5) is 0 Å². The maximum absolute atomic E-state index is 3.86. The van der Waals surface area contributed by atoms with Crippen LogP contribution in [0.15, 0.2) is 30.7 Å². The highest BCUT2D eigenvalue weighted by Gasteiger charge is 2.13. The summed E-state index contributed by atoms with van der Waals surface area (Å²) in [6.07, 6.45) is 5.78. The van der Waals surface area contributed by atoms with Crippen LogP contribution < -0.4 is 0 Å². The molecule has 2 heterocycles. The summed E-state index contributed by atoms with van der Waals surface area (Å²) >= 11 is 0. The Kier molecular flexibility index (Phi) is 11.5. The zero-order chi connectivity index (χ0) is 17.8. The molecule has 0 bridgehead atoms. The van der Waals surface area contributed by atoms with E-state index in [0.29, 0.717) is 5.41 Å². The monoisotopic (exact) mass is 307 g/mol. The number of rotatable bonds is 0. The minimum atomic E-state index is 0.205. The zero-order valence-corrected chi connectivity index (χ0v) is 16.3. The molecule has 0 amide bonds. The van der Waals surface area contributed by atoms with Crippen molar-refractivity contribution in [1.82, 2.24) is 15.2 Å². The molecule has 0 radical (unpaired) electrons. The van der Waals surface area contributed by atoms with E-state index in [1.165, 1.54) is 11.3 Å². The summed E-state index contributed by atoms with van der Waals surface area (Å²) in [5, 5.41) is 6.79. The van der Waals surface area contributed by atoms with Crippen LogP contribution in [0.3, 0.4) is 0 Å². The number of nitrogens with one attached hydrogen (secondary N) is 2. The predicted octanol–water partition coefficient (Wildman–Crippen LogP) is 6.07. The lowest BCUT2D eigenvalue weighted by atomic mass is 9.89. The van der Waals surface area contributed by atoms with E-state index in [-0.39, 0.29) is 5.41 Å². The molecule has 0 aliphatic rings. The van der Waals surface area contributed by atoms with Gasteiger partial charge in [-0.2, -0.15) is 5.10 Å². The third-order valence-corrected chi connectivity index (χ3v) is 2.77. The van der Waals surface area contributed by atoms with Gasteiger partial charge in [0.1, 0.15) is 0 Å². The standard InChI is InChI=1S/C8H13N.C7H12N2.2C2H6/c1-8(2,3)7-4-5-9-6-7;1-7(2,3)6-4-5-8-9-6;2*1-2/h4-6,9H,1-3H3;4-5H,1-3H3,(H,8,9);2*1-2H3. The van der Waals surface area contributed by atoms with Gasteiger partial charge in [0, 0.05) is 29.7 Å². The van der Waals surface area contributed by atoms with Crippen molar-refractivity contribution in [3.63, 3.8) is 0 Å². The van der Waals surface area contributed by atoms with E-state index in [1.807, 2.05) is 46.2 Å². The highest BCUT2D eigenvalue weighted by Crippen LogP contribution is 2.20. The Morgan fingerprint density at radius 1 is 0.818 bits per heavy atom. The molecule has 3 nitrogen and oxygen atoms in total. The summed E-state index contributed by atoms with van der Waals surface area (Å²) in [5.41, 5.74) is 3.04. The number of hydrogen-bond acceptors (Lipinski definition) is 1. The normalized spacial score (nSPS) is 10.3. The number of hydrogen-bond donors (Lipinski definition) is 2. The van der Waals surface area contributed by atoms with E-state index in [0.717, 1.165) is 0 Å².